The number of hydrogen-bond donors (Lipinski definition) is 1. The molecule has 0 fully saturated rings. The zero-order valence-corrected chi connectivity index (χ0v) is 10.2. The van der Waals surface area contributed by atoms with Crippen molar-refractivity contribution in [1.29, 1.82) is 0 Å². The highest BCUT2D eigenvalue weighted by Gasteiger charge is 2.13. The smallest absolute Gasteiger partial charge is 0.0491 e. The van der Waals surface area contributed by atoms with Crippen molar-refractivity contribution in [3.8, 4) is 0 Å². The van der Waals surface area contributed by atoms with Crippen molar-refractivity contribution in [1.82, 2.24) is 0 Å². The van der Waals surface area contributed by atoms with Gasteiger partial charge >= 0.3 is 0 Å². The summed E-state index contributed by atoms with van der Waals surface area (Å²) >= 11 is 0. The number of benzene rings is 1. The van der Waals surface area contributed by atoms with Gasteiger partial charge in [0, 0.05) is 28.3 Å². The fourth-order valence-corrected chi connectivity index (χ4v) is 2.96. The maximum Gasteiger partial charge on any atom is 0.0491 e. The van der Waals surface area contributed by atoms with Crippen LogP contribution in [0, 0.1) is 6.92 Å². The average molecular weight is 225 g/mol. The summed E-state index contributed by atoms with van der Waals surface area (Å²) in [6.45, 7) is 4.60. The summed E-state index contributed by atoms with van der Waals surface area (Å²) in [5.41, 5.74) is 7.96. The Morgan fingerprint density at radius 3 is 2.60 bits per heavy atom. The van der Waals surface area contributed by atoms with Gasteiger partial charge in [-0.1, -0.05) is 31.2 Å². The van der Waals surface area contributed by atoms with Gasteiger partial charge in [-0.25, -0.2) is 0 Å². The predicted molar refractivity (Wildman–Crippen MR) is 66.2 cm³/mol. The first kappa shape index (κ1) is 12.4. The molecule has 0 aliphatic carbocycles. The van der Waals surface area contributed by atoms with Gasteiger partial charge in [-0.2, -0.15) is 0 Å². The lowest BCUT2D eigenvalue weighted by atomic mass is 10.1. The molecular weight excluding hydrogens is 206 g/mol. The highest BCUT2D eigenvalue weighted by atomic mass is 32.2. The Bertz CT molecular complexity index is 334. The van der Waals surface area contributed by atoms with Gasteiger partial charge in [0.05, 0.1) is 0 Å². The summed E-state index contributed by atoms with van der Waals surface area (Å²) < 4.78 is 12.0. The molecule has 2 nitrogen and oxygen atoms in total. The minimum atomic E-state index is -0.844. The fraction of sp³-hybridized carbons (Fsp3) is 0.500. The summed E-state index contributed by atoms with van der Waals surface area (Å²) in [4.78, 5) is 0. The molecule has 0 spiro atoms. The maximum atomic E-state index is 12.0. The molecule has 0 saturated heterocycles. The minimum Gasteiger partial charge on any atom is -0.329 e. The zero-order valence-electron chi connectivity index (χ0n) is 9.40. The van der Waals surface area contributed by atoms with Crippen LogP contribution in [0.1, 0.15) is 24.5 Å². The van der Waals surface area contributed by atoms with Gasteiger partial charge in [0.2, 0.25) is 0 Å². The second-order valence-corrected chi connectivity index (χ2v) is 5.43. The molecule has 0 aromatic heterocycles. The molecule has 0 saturated carbocycles. The molecule has 0 aliphatic heterocycles. The quantitative estimate of drug-likeness (QED) is 0.832. The zero-order chi connectivity index (χ0) is 11.3. The van der Waals surface area contributed by atoms with Crippen LogP contribution in [-0.4, -0.2) is 16.0 Å². The molecule has 0 bridgehead atoms. The summed E-state index contributed by atoms with van der Waals surface area (Å²) in [6, 6.07) is 8.08. The highest BCUT2D eigenvalue weighted by molar-refractivity contribution is 7.84. The van der Waals surface area contributed by atoms with Gasteiger partial charge in [0.1, 0.15) is 0 Å². The van der Waals surface area contributed by atoms with Gasteiger partial charge in [0.25, 0.3) is 0 Å². The van der Waals surface area contributed by atoms with Crippen molar-refractivity contribution >= 4 is 10.8 Å². The van der Waals surface area contributed by atoms with E-state index in [-0.39, 0.29) is 5.25 Å². The fourth-order valence-electron chi connectivity index (χ4n) is 1.50. The normalized spacial score (nSPS) is 14.9. The van der Waals surface area contributed by atoms with Gasteiger partial charge in [-0.05, 0) is 24.5 Å². The van der Waals surface area contributed by atoms with Crippen molar-refractivity contribution in [2.24, 2.45) is 5.73 Å². The molecule has 2 N–H and O–H groups in total. The predicted octanol–water partition coefficient (Wildman–Crippen LogP) is 1.98. The average Bonchev–Trinajstić information content (AvgIpc) is 2.23. The number of aryl methyl sites for hydroxylation is 1. The van der Waals surface area contributed by atoms with E-state index in [1.54, 1.807) is 0 Å². The third-order valence-electron chi connectivity index (χ3n) is 2.65. The molecule has 15 heavy (non-hydrogen) atoms. The topological polar surface area (TPSA) is 43.1 Å². The third-order valence-corrected chi connectivity index (χ3v) is 4.51. The standard InChI is InChI=1S/C12H19NOS/c1-3-12(8-13)15(14)9-11-7-5-4-6-10(11)2/h4-7,12H,3,8-9,13H2,1-2H3. The Morgan fingerprint density at radius 1 is 1.40 bits per heavy atom. The van der Waals surface area contributed by atoms with Crippen LogP contribution >= 0.6 is 0 Å². The highest BCUT2D eigenvalue weighted by Crippen LogP contribution is 2.13. The first-order valence-electron chi connectivity index (χ1n) is 5.30. The summed E-state index contributed by atoms with van der Waals surface area (Å²) in [5, 5.41) is 0.129. The molecular formula is C12H19NOS. The monoisotopic (exact) mass is 225 g/mol. The largest absolute Gasteiger partial charge is 0.329 e. The molecule has 2 atom stereocenters. The van der Waals surface area contributed by atoms with E-state index in [0.29, 0.717) is 12.3 Å². The van der Waals surface area contributed by atoms with E-state index in [4.69, 9.17) is 5.73 Å². The lowest BCUT2D eigenvalue weighted by Crippen LogP contribution is -2.25. The summed E-state index contributed by atoms with van der Waals surface area (Å²) in [5.74, 6) is 0.627. The molecule has 3 heteroatoms. The van der Waals surface area contributed by atoms with E-state index >= 15 is 0 Å². The SMILES string of the molecule is CCC(CN)S(=O)Cc1ccccc1C. The van der Waals surface area contributed by atoms with Crippen LogP contribution < -0.4 is 5.73 Å². The van der Waals surface area contributed by atoms with E-state index in [2.05, 4.69) is 13.0 Å². The molecule has 0 amide bonds. The maximum absolute atomic E-state index is 12.0. The lowest BCUT2D eigenvalue weighted by Gasteiger charge is -2.13. The molecule has 1 rings (SSSR count). The van der Waals surface area contributed by atoms with Crippen molar-refractivity contribution in [3.63, 3.8) is 0 Å². The van der Waals surface area contributed by atoms with Crippen molar-refractivity contribution in [3.05, 3.63) is 35.4 Å². The van der Waals surface area contributed by atoms with E-state index in [1.165, 1.54) is 11.1 Å². The van der Waals surface area contributed by atoms with Crippen molar-refractivity contribution < 1.29 is 4.21 Å². The van der Waals surface area contributed by atoms with Crippen LogP contribution in [0.2, 0.25) is 0 Å². The molecule has 1 aromatic carbocycles. The summed E-state index contributed by atoms with van der Waals surface area (Å²) in [6.07, 6.45) is 0.884. The molecule has 84 valence electrons. The Hall–Kier alpha value is -0.670. The Labute approximate surface area is 94.3 Å². The Balaban J connectivity index is 2.70. The number of hydrogen-bond acceptors (Lipinski definition) is 2. The summed E-state index contributed by atoms with van der Waals surface area (Å²) in [7, 11) is -0.844. The van der Waals surface area contributed by atoms with Crippen molar-refractivity contribution in [2.75, 3.05) is 6.54 Å². The Morgan fingerprint density at radius 2 is 2.07 bits per heavy atom. The van der Waals surface area contributed by atoms with Crippen LogP contribution in [0.4, 0.5) is 0 Å². The molecule has 0 heterocycles. The van der Waals surface area contributed by atoms with Crippen LogP contribution in [0.3, 0.4) is 0 Å². The van der Waals surface area contributed by atoms with E-state index < -0.39 is 10.8 Å². The third kappa shape index (κ3) is 3.43. The second-order valence-electron chi connectivity index (χ2n) is 3.72. The van der Waals surface area contributed by atoms with Crippen LogP contribution in [0.5, 0.6) is 0 Å². The van der Waals surface area contributed by atoms with Gasteiger partial charge in [0.15, 0.2) is 0 Å². The minimum absolute atomic E-state index is 0.129. The molecule has 1 aromatic rings. The Kier molecular flexibility index (Phi) is 4.99. The van der Waals surface area contributed by atoms with Crippen LogP contribution in [0.25, 0.3) is 0 Å². The van der Waals surface area contributed by atoms with Gasteiger partial charge in [-0.15, -0.1) is 0 Å². The number of nitrogens with two attached hydrogens (primary N) is 1. The first-order chi connectivity index (χ1) is 7.19. The van der Waals surface area contributed by atoms with Gasteiger partial charge < -0.3 is 5.73 Å². The van der Waals surface area contributed by atoms with Crippen LogP contribution in [-0.2, 0) is 16.6 Å². The van der Waals surface area contributed by atoms with Gasteiger partial charge in [-0.3, -0.25) is 4.21 Å². The first-order valence-corrected chi connectivity index (χ1v) is 6.69. The van der Waals surface area contributed by atoms with Crippen molar-refractivity contribution in [2.45, 2.75) is 31.3 Å². The lowest BCUT2D eigenvalue weighted by molar-refractivity contribution is 0.663. The molecule has 0 radical (unpaired) electrons. The van der Waals surface area contributed by atoms with Crippen LogP contribution in [0.15, 0.2) is 24.3 Å². The van der Waals surface area contributed by atoms with E-state index in [0.717, 1.165) is 6.42 Å². The molecule has 2 unspecified atom stereocenters. The molecule has 0 aliphatic rings. The van der Waals surface area contributed by atoms with E-state index in [9.17, 15) is 4.21 Å². The van der Waals surface area contributed by atoms with E-state index in [1.807, 2.05) is 25.1 Å². The number of rotatable bonds is 5. The second kappa shape index (κ2) is 6.03.